The zero-order valence-electron chi connectivity index (χ0n) is 12.8. The van der Waals surface area contributed by atoms with E-state index in [9.17, 15) is 4.39 Å². The Balaban J connectivity index is 2.17. The third-order valence-corrected chi connectivity index (χ3v) is 5.37. The lowest BCUT2D eigenvalue weighted by Crippen LogP contribution is -2.52. The van der Waals surface area contributed by atoms with Gasteiger partial charge in [0.15, 0.2) is 0 Å². The molecule has 2 unspecified atom stereocenters. The van der Waals surface area contributed by atoms with E-state index in [1.807, 2.05) is 12.1 Å². The van der Waals surface area contributed by atoms with Crippen LogP contribution in [0.5, 0.6) is 0 Å². The first-order valence-corrected chi connectivity index (χ1v) is 8.05. The molecule has 1 aromatic carbocycles. The molecule has 0 radical (unpaired) electrons. The van der Waals surface area contributed by atoms with Crippen LogP contribution in [0, 0.1) is 5.82 Å². The van der Waals surface area contributed by atoms with Crippen molar-refractivity contribution in [3.63, 3.8) is 0 Å². The van der Waals surface area contributed by atoms with Gasteiger partial charge in [-0.15, -0.1) is 11.3 Å². The quantitative estimate of drug-likeness (QED) is 0.878. The first-order valence-electron chi connectivity index (χ1n) is 7.17. The molecule has 114 valence electrons. The monoisotopic (exact) mass is 306 g/mol. The molecule has 2 rings (SSSR count). The van der Waals surface area contributed by atoms with Crippen LogP contribution in [-0.2, 0) is 6.42 Å². The normalized spacial score (nSPS) is 15.9. The van der Waals surface area contributed by atoms with Crippen LogP contribution in [0.15, 0.2) is 41.8 Å². The van der Waals surface area contributed by atoms with E-state index in [2.05, 4.69) is 43.3 Å². The summed E-state index contributed by atoms with van der Waals surface area (Å²) >= 11 is 1.76. The number of hydrogen-bond donors (Lipinski definition) is 1. The topological polar surface area (TPSA) is 29.3 Å². The standard InChI is InChI=1S/C17H23FN2S/c1-13(16-5-4-10-21-16)20(3)17(2,12-19)11-14-6-8-15(18)9-7-14/h4-10,13H,11-12,19H2,1-3H3. The lowest BCUT2D eigenvalue weighted by Gasteiger charge is -2.42. The summed E-state index contributed by atoms with van der Waals surface area (Å²) < 4.78 is 13.0. The number of halogens is 1. The van der Waals surface area contributed by atoms with Crippen molar-refractivity contribution in [2.24, 2.45) is 5.73 Å². The van der Waals surface area contributed by atoms with E-state index in [1.165, 1.54) is 17.0 Å². The van der Waals surface area contributed by atoms with Crippen molar-refractivity contribution in [1.82, 2.24) is 4.90 Å². The maximum Gasteiger partial charge on any atom is 0.123 e. The zero-order chi connectivity index (χ0) is 15.5. The summed E-state index contributed by atoms with van der Waals surface area (Å²) in [6.45, 7) is 4.92. The number of benzene rings is 1. The molecule has 2 aromatic rings. The molecule has 0 amide bonds. The van der Waals surface area contributed by atoms with E-state index >= 15 is 0 Å². The summed E-state index contributed by atoms with van der Waals surface area (Å²) in [7, 11) is 2.11. The Hall–Kier alpha value is -1.23. The molecular weight excluding hydrogens is 283 g/mol. The molecule has 0 bridgehead atoms. The largest absolute Gasteiger partial charge is 0.329 e. The number of nitrogens with zero attached hydrogens (tertiary/aromatic N) is 1. The van der Waals surface area contributed by atoms with Crippen LogP contribution in [0.2, 0.25) is 0 Å². The Labute approximate surface area is 130 Å². The minimum Gasteiger partial charge on any atom is -0.329 e. The molecule has 1 aromatic heterocycles. The second kappa shape index (κ2) is 6.69. The van der Waals surface area contributed by atoms with Gasteiger partial charge < -0.3 is 5.73 Å². The molecule has 4 heteroatoms. The van der Waals surface area contributed by atoms with Crippen LogP contribution in [0.4, 0.5) is 4.39 Å². The predicted octanol–water partition coefficient (Wildman–Crippen LogP) is 3.84. The molecule has 2 atom stereocenters. The Bertz CT molecular complexity index is 553. The van der Waals surface area contributed by atoms with Crippen molar-refractivity contribution < 1.29 is 4.39 Å². The highest BCUT2D eigenvalue weighted by atomic mass is 32.1. The van der Waals surface area contributed by atoms with Crippen molar-refractivity contribution in [3.8, 4) is 0 Å². The zero-order valence-corrected chi connectivity index (χ0v) is 13.7. The first kappa shape index (κ1) is 16.1. The smallest absolute Gasteiger partial charge is 0.123 e. The van der Waals surface area contributed by atoms with Crippen LogP contribution in [0.25, 0.3) is 0 Å². The van der Waals surface area contributed by atoms with Crippen molar-refractivity contribution >= 4 is 11.3 Å². The number of likely N-dealkylation sites (N-methyl/N-ethyl adjacent to an activating group) is 1. The van der Waals surface area contributed by atoms with Gasteiger partial charge in [0.25, 0.3) is 0 Å². The predicted molar refractivity (Wildman–Crippen MR) is 88.1 cm³/mol. The van der Waals surface area contributed by atoms with E-state index in [1.54, 1.807) is 11.3 Å². The molecule has 0 fully saturated rings. The minimum absolute atomic E-state index is 0.165. The molecule has 1 heterocycles. The second-order valence-corrected chi connectivity index (χ2v) is 6.79. The van der Waals surface area contributed by atoms with E-state index in [0.29, 0.717) is 12.6 Å². The maximum absolute atomic E-state index is 13.0. The van der Waals surface area contributed by atoms with Crippen LogP contribution in [0.1, 0.15) is 30.3 Å². The molecule has 0 saturated carbocycles. The minimum atomic E-state index is -0.200. The van der Waals surface area contributed by atoms with Crippen molar-refractivity contribution in [2.75, 3.05) is 13.6 Å². The summed E-state index contributed by atoms with van der Waals surface area (Å²) in [5, 5.41) is 2.10. The summed E-state index contributed by atoms with van der Waals surface area (Å²) in [6, 6.07) is 11.2. The molecule has 0 aliphatic heterocycles. The molecule has 0 spiro atoms. The van der Waals surface area contributed by atoms with Gasteiger partial charge in [0.05, 0.1) is 0 Å². The van der Waals surface area contributed by atoms with E-state index in [4.69, 9.17) is 5.73 Å². The molecule has 0 aliphatic carbocycles. The highest BCUT2D eigenvalue weighted by molar-refractivity contribution is 7.10. The summed E-state index contributed by atoms with van der Waals surface area (Å²) in [5.41, 5.74) is 7.01. The number of hydrogen-bond acceptors (Lipinski definition) is 3. The maximum atomic E-state index is 13.0. The van der Waals surface area contributed by atoms with Crippen LogP contribution >= 0.6 is 11.3 Å². The van der Waals surface area contributed by atoms with Gasteiger partial charge in [-0.25, -0.2) is 4.39 Å². The highest BCUT2D eigenvalue weighted by Gasteiger charge is 2.32. The number of rotatable bonds is 6. The molecular formula is C17H23FN2S. The van der Waals surface area contributed by atoms with Gasteiger partial charge in [0.2, 0.25) is 0 Å². The summed E-state index contributed by atoms with van der Waals surface area (Å²) in [5.74, 6) is -0.200. The SMILES string of the molecule is CC(c1cccs1)N(C)C(C)(CN)Cc1ccc(F)cc1. The Kier molecular flexibility index (Phi) is 5.14. The summed E-state index contributed by atoms with van der Waals surface area (Å²) in [6.07, 6.45) is 0.802. The van der Waals surface area contributed by atoms with Gasteiger partial charge in [0.1, 0.15) is 5.82 Å². The lowest BCUT2D eigenvalue weighted by molar-refractivity contribution is 0.102. The molecule has 2 nitrogen and oxygen atoms in total. The fourth-order valence-electron chi connectivity index (χ4n) is 2.57. The Morgan fingerprint density at radius 1 is 1.29 bits per heavy atom. The van der Waals surface area contributed by atoms with Gasteiger partial charge in [0, 0.05) is 23.0 Å². The van der Waals surface area contributed by atoms with Crippen LogP contribution in [0.3, 0.4) is 0 Å². The van der Waals surface area contributed by atoms with E-state index < -0.39 is 0 Å². The Morgan fingerprint density at radius 2 is 1.95 bits per heavy atom. The third-order valence-electron chi connectivity index (χ3n) is 4.33. The average molecular weight is 306 g/mol. The fraction of sp³-hybridized carbons (Fsp3) is 0.412. The highest BCUT2D eigenvalue weighted by Crippen LogP contribution is 2.30. The third kappa shape index (κ3) is 3.70. The van der Waals surface area contributed by atoms with Crippen LogP contribution in [-0.4, -0.2) is 24.0 Å². The van der Waals surface area contributed by atoms with Crippen molar-refractivity contribution in [3.05, 3.63) is 58.0 Å². The molecule has 2 N–H and O–H groups in total. The van der Waals surface area contributed by atoms with Crippen molar-refractivity contribution in [1.29, 1.82) is 0 Å². The summed E-state index contributed by atoms with van der Waals surface area (Å²) in [4.78, 5) is 3.65. The van der Waals surface area contributed by atoms with E-state index in [0.717, 1.165) is 12.0 Å². The molecule has 0 saturated heterocycles. The van der Waals surface area contributed by atoms with Crippen molar-refractivity contribution in [2.45, 2.75) is 31.8 Å². The number of thiophene rings is 1. The van der Waals surface area contributed by atoms with Gasteiger partial charge in [-0.2, -0.15) is 0 Å². The Morgan fingerprint density at radius 3 is 2.48 bits per heavy atom. The van der Waals surface area contributed by atoms with Crippen LogP contribution < -0.4 is 5.73 Å². The first-order chi connectivity index (χ1) is 9.96. The van der Waals surface area contributed by atoms with Gasteiger partial charge in [-0.1, -0.05) is 18.2 Å². The average Bonchev–Trinajstić information content (AvgIpc) is 3.02. The van der Waals surface area contributed by atoms with Gasteiger partial charge in [-0.3, -0.25) is 4.90 Å². The fourth-order valence-corrected chi connectivity index (χ4v) is 3.40. The van der Waals surface area contributed by atoms with Gasteiger partial charge in [-0.05, 0) is 56.5 Å². The second-order valence-electron chi connectivity index (χ2n) is 5.81. The molecule has 21 heavy (non-hydrogen) atoms. The molecule has 0 aliphatic rings. The lowest BCUT2D eigenvalue weighted by atomic mass is 9.90. The number of nitrogens with two attached hydrogens (primary N) is 1. The van der Waals surface area contributed by atoms with Gasteiger partial charge >= 0.3 is 0 Å². The van der Waals surface area contributed by atoms with E-state index in [-0.39, 0.29) is 11.4 Å².